The van der Waals surface area contributed by atoms with Crippen molar-refractivity contribution in [3.05, 3.63) is 64.4 Å². The van der Waals surface area contributed by atoms with E-state index < -0.39 is 11.7 Å². The topological polar surface area (TPSA) is 58.2 Å². The van der Waals surface area contributed by atoms with Gasteiger partial charge in [-0.1, -0.05) is 29.8 Å². The summed E-state index contributed by atoms with van der Waals surface area (Å²) < 4.78 is 13.7. The molecule has 0 aromatic heterocycles. The highest BCUT2D eigenvalue weighted by Gasteiger charge is 2.15. The molecule has 0 spiro atoms. The largest absolute Gasteiger partial charge is 0.359 e. The first-order chi connectivity index (χ1) is 10.5. The first-order valence-corrected chi connectivity index (χ1v) is 6.94. The molecule has 114 valence electrons. The van der Waals surface area contributed by atoms with E-state index in [1.54, 1.807) is 31.3 Å². The Morgan fingerprint density at radius 2 is 1.82 bits per heavy atom. The number of amides is 2. The fraction of sp³-hybridized carbons (Fsp3) is 0.125. The summed E-state index contributed by atoms with van der Waals surface area (Å²) in [7, 11) is 1.56. The molecule has 2 aromatic carbocycles. The van der Waals surface area contributed by atoms with Crippen molar-refractivity contribution in [2.24, 2.45) is 0 Å². The number of nitrogens with one attached hydrogen (secondary N) is 2. The van der Waals surface area contributed by atoms with Crippen LogP contribution in [0.25, 0.3) is 0 Å². The van der Waals surface area contributed by atoms with Crippen LogP contribution >= 0.6 is 11.6 Å². The lowest BCUT2D eigenvalue weighted by Crippen LogP contribution is -2.20. The maximum atomic E-state index is 13.7. The van der Waals surface area contributed by atoms with Crippen LogP contribution < -0.4 is 10.6 Å². The van der Waals surface area contributed by atoms with Crippen molar-refractivity contribution in [2.75, 3.05) is 12.4 Å². The third-order valence-electron chi connectivity index (χ3n) is 3.05. The summed E-state index contributed by atoms with van der Waals surface area (Å²) in [5, 5.41) is 5.15. The van der Waals surface area contributed by atoms with Gasteiger partial charge in [0.15, 0.2) is 0 Å². The van der Waals surface area contributed by atoms with Crippen molar-refractivity contribution in [3.8, 4) is 0 Å². The number of carbonyl (C=O) groups is 2. The van der Waals surface area contributed by atoms with Crippen molar-refractivity contribution < 1.29 is 14.0 Å². The van der Waals surface area contributed by atoms with Crippen LogP contribution in [-0.2, 0) is 11.2 Å². The molecule has 0 atom stereocenters. The van der Waals surface area contributed by atoms with Crippen LogP contribution in [0.2, 0.25) is 5.02 Å². The SMILES string of the molecule is CNC(=O)Cc1ccc(NC(=O)c2c(F)cccc2Cl)cc1. The minimum absolute atomic E-state index is 0.0498. The second-order valence-electron chi connectivity index (χ2n) is 4.60. The molecule has 0 radical (unpaired) electrons. The molecule has 4 nitrogen and oxygen atoms in total. The number of hydrogen-bond acceptors (Lipinski definition) is 2. The van der Waals surface area contributed by atoms with Crippen LogP contribution in [0, 0.1) is 5.82 Å². The molecule has 0 bridgehead atoms. The van der Waals surface area contributed by atoms with E-state index >= 15 is 0 Å². The zero-order valence-electron chi connectivity index (χ0n) is 11.8. The van der Waals surface area contributed by atoms with Crippen molar-refractivity contribution in [2.45, 2.75) is 6.42 Å². The highest BCUT2D eigenvalue weighted by Crippen LogP contribution is 2.20. The summed E-state index contributed by atoms with van der Waals surface area (Å²) in [4.78, 5) is 23.3. The molecule has 2 N–H and O–H groups in total. The lowest BCUT2D eigenvalue weighted by atomic mass is 10.1. The van der Waals surface area contributed by atoms with Crippen LogP contribution in [0.1, 0.15) is 15.9 Å². The lowest BCUT2D eigenvalue weighted by Gasteiger charge is -2.08. The van der Waals surface area contributed by atoms with Gasteiger partial charge in [-0.15, -0.1) is 0 Å². The molecule has 2 aromatic rings. The Morgan fingerprint density at radius 1 is 1.14 bits per heavy atom. The molecule has 0 fully saturated rings. The van der Waals surface area contributed by atoms with Gasteiger partial charge < -0.3 is 10.6 Å². The highest BCUT2D eigenvalue weighted by atomic mass is 35.5. The molecule has 0 unspecified atom stereocenters. The lowest BCUT2D eigenvalue weighted by molar-refractivity contribution is -0.119. The molecule has 6 heteroatoms. The highest BCUT2D eigenvalue weighted by molar-refractivity contribution is 6.34. The average molecular weight is 321 g/mol. The number of carbonyl (C=O) groups excluding carboxylic acids is 2. The van der Waals surface area contributed by atoms with E-state index in [0.717, 1.165) is 5.56 Å². The third kappa shape index (κ3) is 3.83. The smallest absolute Gasteiger partial charge is 0.260 e. The summed E-state index contributed by atoms with van der Waals surface area (Å²) in [6.45, 7) is 0. The molecule has 0 saturated carbocycles. The van der Waals surface area contributed by atoms with Gasteiger partial charge in [-0.2, -0.15) is 0 Å². The standard InChI is InChI=1S/C16H14ClFN2O2/c1-19-14(21)9-10-5-7-11(8-6-10)20-16(22)15-12(17)3-2-4-13(15)18/h2-8H,9H2,1H3,(H,19,21)(H,20,22). The molecular weight excluding hydrogens is 307 g/mol. The van der Waals surface area contributed by atoms with E-state index in [2.05, 4.69) is 10.6 Å². The first kappa shape index (κ1) is 16.0. The number of rotatable bonds is 4. The van der Waals surface area contributed by atoms with Gasteiger partial charge in [0.25, 0.3) is 5.91 Å². The van der Waals surface area contributed by atoms with Crippen molar-refractivity contribution in [3.63, 3.8) is 0 Å². The minimum atomic E-state index is -0.679. The summed E-state index contributed by atoms with van der Waals surface area (Å²) in [6.07, 6.45) is 0.254. The summed E-state index contributed by atoms with van der Waals surface area (Å²) >= 11 is 5.84. The van der Waals surface area contributed by atoms with Crippen LogP contribution in [-0.4, -0.2) is 18.9 Å². The quantitative estimate of drug-likeness (QED) is 0.909. The molecule has 2 amide bonds. The van der Waals surface area contributed by atoms with E-state index in [0.29, 0.717) is 5.69 Å². The molecule has 0 saturated heterocycles. The van der Waals surface area contributed by atoms with Crippen LogP contribution in [0.15, 0.2) is 42.5 Å². The number of likely N-dealkylation sites (N-methyl/N-ethyl adjacent to an activating group) is 1. The number of anilines is 1. The Hall–Kier alpha value is -2.40. The van der Waals surface area contributed by atoms with Gasteiger partial charge in [-0.05, 0) is 29.8 Å². The molecule has 2 rings (SSSR count). The number of benzene rings is 2. The van der Waals surface area contributed by atoms with E-state index in [4.69, 9.17) is 11.6 Å². The molecule has 0 aliphatic rings. The van der Waals surface area contributed by atoms with Gasteiger partial charge in [-0.25, -0.2) is 4.39 Å². The van der Waals surface area contributed by atoms with Gasteiger partial charge in [0, 0.05) is 12.7 Å². The third-order valence-corrected chi connectivity index (χ3v) is 3.36. The maximum Gasteiger partial charge on any atom is 0.260 e. The van der Waals surface area contributed by atoms with Crippen molar-refractivity contribution >= 4 is 29.1 Å². The summed E-state index contributed by atoms with van der Waals surface area (Å²) in [5.41, 5.74) is 1.10. The normalized spacial score (nSPS) is 10.1. The van der Waals surface area contributed by atoms with Gasteiger partial charge >= 0.3 is 0 Å². The van der Waals surface area contributed by atoms with Crippen LogP contribution in [0.4, 0.5) is 10.1 Å². The van der Waals surface area contributed by atoms with E-state index in [-0.39, 0.29) is 22.9 Å². The van der Waals surface area contributed by atoms with Gasteiger partial charge in [0.1, 0.15) is 5.82 Å². The predicted octanol–water partition coefficient (Wildman–Crippen LogP) is 3.02. The first-order valence-electron chi connectivity index (χ1n) is 6.56. The summed E-state index contributed by atoms with van der Waals surface area (Å²) in [6, 6.07) is 10.8. The molecule has 0 aliphatic heterocycles. The van der Waals surface area contributed by atoms with Crippen molar-refractivity contribution in [1.82, 2.24) is 5.32 Å². The second-order valence-corrected chi connectivity index (χ2v) is 5.00. The van der Waals surface area contributed by atoms with Gasteiger partial charge in [0.05, 0.1) is 17.0 Å². The summed E-state index contributed by atoms with van der Waals surface area (Å²) in [5.74, 6) is -1.40. The predicted molar refractivity (Wildman–Crippen MR) is 83.6 cm³/mol. The molecule has 22 heavy (non-hydrogen) atoms. The second kappa shape index (κ2) is 7.04. The van der Waals surface area contributed by atoms with E-state index in [9.17, 15) is 14.0 Å². The maximum absolute atomic E-state index is 13.7. The van der Waals surface area contributed by atoms with Gasteiger partial charge in [-0.3, -0.25) is 9.59 Å². The van der Waals surface area contributed by atoms with E-state index in [1.165, 1.54) is 18.2 Å². The average Bonchev–Trinajstić information content (AvgIpc) is 2.49. The Bertz CT molecular complexity index is 682. The number of halogens is 2. The molecule has 0 aliphatic carbocycles. The number of hydrogen-bond donors (Lipinski definition) is 2. The Kier molecular flexibility index (Phi) is 5.12. The fourth-order valence-electron chi connectivity index (χ4n) is 1.89. The fourth-order valence-corrected chi connectivity index (χ4v) is 2.14. The van der Waals surface area contributed by atoms with Crippen LogP contribution in [0.3, 0.4) is 0 Å². The van der Waals surface area contributed by atoms with E-state index in [1.807, 2.05) is 0 Å². The zero-order valence-corrected chi connectivity index (χ0v) is 12.6. The Balaban J connectivity index is 2.11. The van der Waals surface area contributed by atoms with Crippen molar-refractivity contribution in [1.29, 1.82) is 0 Å². The monoisotopic (exact) mass is 320 g/mol. The molecular formula is C16H14ClFN2O2. The minimum Gasteiger partial charge on any atom is -0.359 e. The zero-order chi connectivity index (χ0) is 16.1. The van der Waals surface area contributed by atoms with Gasteiger partial charge in [0.2, 0.25) is 5.91 Å². The Labute approximate surface area is 132 Å². The Morgan fingerprint density at radius 3 is 2.41 bits per heavy atom. The van der Waals surface area contributed by atoms with Crippen LogP contribution in [0.5, 0.6) is 0 Å². The molecule has 0 heterocycles.